The summed E-state index contributed by atoms with van der Waals surface area (Å²) in [5.74, 6) is 4.22. The molecule has 2 N–H and O–H groups in total. The lowest BCUT2D eigenvalue weighted by Crippen LogP contribution is -2.37. The first kappa shape index (κ1) is 18.4. The molecule has 1 fully saturated rings. The predicted octanol–water partition coefficient (Wildman–Crippen LogP) is 2.61. The Kier molecular flexibility index (Phi) is 7.64. The summed E-state index contributed by atoms with van der Waals surface area (Å²) < 4.78 is 0. The van der Waals surface area contributed by atoms with Gasteiger partial charge in [-0.3, -0.25) is 4.90 Å². The minimum absolute atomic E-state index is 0.485. The number of likely N-dealkylation sites (tertiary alicyclic amines) is 1. The number of nitrogens with zero attached hydrogens (tertiary/aromatic N) is 2. The number of rotatable bonds is 6. The third-order valence-electron chi connectivity index (χ3n) is 4.43. The van der Waals surface area contributed by atoms with Gasteiger partial charge in [0.1, 0.15) is 0 Å². The Hall–Kier alpha value is -1.99. The molecule has 1 saturated heterocycles. The van der Waals surface area contributed by atoms with E-state index in [4.69, 9.17) is 6.42 Å². The molecule has 0 bridgehead atoms. The Morgan fingerprint density at radius 3 is 2.50 bits per heavy atom. The van der Waals surface area contributed by atoms with Crippen molar-refractivity contribution in [2.45, 2.75) is 39.8 Å². The number of guanidine groups is 1. The highest BCUT2D eigenvalue weighted by atomic mass is 15.2. The Morgan fingerprint density at radius 2 is 1.88 bits per heavy atom. The van der Waals surface area contributed by atoms with Crippen LogP contribution < -0.4 is 10.6 Å². The number of benzene rings is 1. The van der Waals surface area contributed by atoms with E-state index in [1.54, 1.807) is 0 Å². The molecule has 0 saturated carbocycles. The number of hydrogen-bond donors (Lipinski definition) is 2. The predicted molar refractivity (Wildman–Crippen MR) is 102 cm³/mol. The second-order valence-corrected chi connectivity index (χ2v) is 6.53. The van der Waals surface area contributed by atoms with Crippen molar-refractivity contribution in [1.29, 1.82) is 0 Å². The SMILES string of the molecule is C#CCNC(=NCc1ccc(CN2CCC(C)CC2)cc1)NCC. The normalized spacial score (nSPS) is 16.6. The number of hydrogen-bond acceptors (Lipinski definition) is 2. The highest BCUT2D eigenvalue weighted by Crippen LogP contribution is 2.18. The molecule has 0 atom stereocenters. The summed E-state index contributed by atoms with van der Waals surface area (Å²) in [4.78, 5) is 7.12. The van der Waals surface area contributed by atoms with Crippen LogP contribution in [0, 0.1) is 18.3 Å². The van der Waals surface area contributed by atoms with Crippen LogP contribution in [-0.4, -0.2) is 37.0 Å². The van der Waals surface area contributed by atoms with Gasteiger partial charge in [0.25, 0.3) is 0 Å². The van der Waals surface area contributed by atoms with Crippen LogP contribution in [0.3, 0.4) is 0 Å². The van der Waals surface area contributed by atoms with Crippen LogP contribution in [0.1, 0.15) is 37.8 Å². The van der Waals surface area contributed by atoms with Gasteiger partial charge in [0.2, 0.25) is 0 Å². The van der Waals surface area contributed by atoms with Crippen molar-refractivity contribution in [2.24, 2.45) is 10.9 Å². The summed E-state index contributed by atoms with van der Waals surface area (Å²) in [6, 6.07) is 8.81. The molecule has 1 aromatic rings. The summed E-state index contributed by atoms with van der Waals surface area (Å²) in [7, 11) is 0. The van der Waals surface area contributed by atoms with Gasteiger partial charge in [-0.25, -0.2) is 4.99 Å². The van der Waals surface area contributed by atoms with Crippen LogP contribution in [-0.2, 0) is 13.1 Å². The van der Waals surface area contributed by atoms with E-state index in [9.17, 15) is 0 Å². The maximum absolute atomic E-state index is 5.28. The second-order valence-electron chi connectivity index (χ2n) is 6.53. The monoisotopic (exact) mass is 326 g/mol. The molecule has 4 nitrogen and oxygen atoms in total. The van der Waals surface area contributed by atoms with E-state index in [1.807, 2.05) is 6.92 Å². The highest BCUT2D eigenvalue weighted by Gasteiger charge is 2.15. The van der Waals surface area contributed by atoms with E-state index in [-0.39, 0.29) is 0 Å². The first-order valence-electron chi connectivity index (χ1n) is 8.97. The van der Waals surface area contributed by atoms with Crippen LogP contribution in [0.5, 0.6) is 0 Å². The molecule has 0 unspecified atom stereocenters. The van der Waals surface area contributed by atoms with E-state index >= 15 is 0 Å². The van der Waals surface area contributed by atoms with Crippen molar-refractivity contribution in [3.05, 3.63) is 35.4 Å². The molecule has 1 aliphatic rings. The average molecular weight is 326 g/mol. The minimum atomic E-state index is 0.485. The maximum Gasteiger partial charge on any atom is 0.192 e. The zero-order chi connectivity index (χ0) is 17.2. The summed E-state index contributed by atoms with van der Waals surface area (Å²) in [6.07, 6.45) is 7.93. The summed E-state index contributed by atoms with van der Waals surface area (Å²) in [6.45, 7) is 9.86. The van der Waals surface area contributed by atoms with Gasteiger partial charge in [0.05, 0.1) is 13.1 Å². The number of piperidine rings is 1. The molecule has 24 heavy (non-hydrogen) atoms. The first-order valence-corrected chi connectivity index (χ1v) is 8.97. The Labute approximate surface area is 146 Å². The van der Waals surface area contributed by atoms with Crippen LogP contribution in [0.4, 0.5) is 0 Å². The minimum Gasteiger partial charge on any atom is -0.357 e. The first-order chi connectivity index (χ1) is 11.7. The van der Waals surface area contributed by atoms with E-state index in [1.165, 1.54) is 37.1 Å². The van der Waals surface area contributed by atoms with Crippen LogP contribution in [0.25, 0.3) is 0 Å². The lowest BCUT2D eigenvalue weighted by Gasteiger charge is -2.30. The average Bonchev–Trinajstić information content (AvgIpc) is 2.60. The summed E-state index contributed by atoms with van der Waals surface area (Å²) >= 11 is 0. The quantitative estimate of drug-likeness (QED) is 0.479. The zero-order valence-corrected chi connectivity index (χ0v) is 15.0. The zero-order valence-electron chi connectivity index (χ0n) is 15.0. The fourth-order valence-electron chi connectivity index (χ4n) is 2.88. The van der Waals surface area contributed by atoms with Gasteiger partial charge in [-0.1, -0.05) is 37.1 Å². The lowest BCUT2D eigenvalue weighted by atomic mass is 9.99. The molecular formula is C20H30N4. The van der Waals surface area contributed by atoms with Gasteiger partial charge in [-0.05, 0) is 49.9 Å². The van der Waals surface area contributed by atoms with E-state index < -0.39 is 0 Å². The molecule has 1 aliphatic heterocycles. The second kappa shape index (κ2) is 10.00. The van der Waals surface area contributed by atoms with Crippen LogP contribution >= 0.6 is 0 Å². The molecule has 0 spiro atoms. The van der Waals surface area contributed by atoms with Gasteiger partial charge in [0, 0.05) is 13.1 Å². The van der Waals surface area contributed by atoms with Gasteiger partial charge in [-0.2, -0.15) is 0 Å². The largest absolute Gasteiger partial charge is 0.357 e. The highest BCUT2D eigenvalue weighted by molar-refractivity contribution is 5.79. The topological polar surface area (TPSA) is 39.7 Å². The fraction of sp³-hybridized carbons (Fsp3) is 0.550. The molecule has 0 amide bonds. The summed E-state index contributed by atoms with van der Waals surface area (Å²) in [5, 5.41) is 6.30. The number of aliphatic imine (C=N–C) groups is 1. The fourth-order valence-corrected chi connectivity index (χ4v) is 2.88. The van der Waals surface area contributed by atoms with Gasteiger partial charge in [-0.15, -0.1) is 6.42 Å². The summed E-state index contributed by atoms with van der Waals surface area (Å²) in [5.41, 5.74) is 2.60. The van der Waals surface area contributed by atoms with E-state index in [2.05, 4.69) is 57.6 Å². The molecule has 130 valence electrons. The number of nitrogens with one attached hydrogen (secondary N) is 2. The number of terminal acetylenes is 1. The van der Waals surface area contributed by atoms with E-state index in [0.29, 0.717) is 13.1 Å². The molecule has 0 aliphatic carbocycles. The molecule has 2 rings (SSSR count). The van der Waals surface area contributed by atoms with Crippen molar-refractivity contribution < 1.29 is 0 Å². The van der Waals surface area contributed by atoms with Gasteiger partial charge < -0.3 is 10.6 Å². The smallest absolute Gasteiger partial charge is 0.192 e. The Morgan fingerprint density at radius 1 is 1.21 bits per heavy atom. The van der Waals surface area contributed by atoms with Crippen molar-refractivity contribution in [1.82, 2.24) is 15.5 Å². The van der Waals surface area contributed by atoms with Crippen molar-refractivity contribution in [3.8, 4) is 12.3 Å². The van der Waals surface area contributed by atoms with E-state index in [0.717, 1.165) is 25.0 Å². The molecule has 4 heteroatoms. The van der Waals surface area contributed by atoms with Crippen molar-refractivity contribution >= 4 is 5.96 Å². The molecule has 1 aromatic carbocycles. The lowest BCUT2D eigenvalue weighted by molar-refractivity contribution is 0.185. The maximum atomic E-state index is 5.28. The Balaban J connectivity index is 1.85. The molecular weight excluding hydrogens is 296 g/mol. The van der Waals surface area contributed by atoms with Crippen molar-refractivity contribution in [3.63, 3.8) is 0 Å². The Bertz CT molecular complexity index is 548. The van der Waals surface area contributed by atoms with Crippen molar-refractivity contribution in [2.75, 3.05) is 26.2 Å². The molecule has 0 aromatic heterocycles. The molecule has 1 heterocycles. The standard InChI is InChI=1S/C20H30N4/c1-4-12-22-20(21-5-2)23-15-18-6-8-19(9-7-18)16-24-13-10-17(3)11-14-24/h1,6-9,17H,5,10-16H2,2-3H3,(H2,21,22,23). The van der Waals surface area contributed by atoms with Crippen LogP contribution in [0.15, 0.2) is 29.3 Å². The van der Waals surface area contributed by atoms with Gasteiger partial charge in [0.15, 0.2) is 5.96 Å². The van der Waals surface area contributed by atoms with Gasteiger partial charge >= 0.3 is 0 Å². The third kappa shape index (κ3) is 6.25. The third-order valence-corrected chi connectivity index (χ3v) is 4.43. The molecule has 0 radical (unpaired) electrons. The van der Waals surface area contributed by atoms with Crippen LogP contribution in [0.2, 0.25) is 0 Å².